The van der Waals surface area contributed by atoms with Crippen molar-refractivity contribution < 1.29 is 14.3 Å². The van der Waals surface area contributed by atoms with E-state index in [1.165, 1.54) is 69.8 Å². The first-order chi connectivity index (χ1) is 17.7. The van der Waals surface area contributed by atoms with E-state index < -0.39 is 0 Å². The molecule has 1 unspecified atom stereocenters. The second-order valence-corrected chi connectivity index (χ2v) is 9.93. The average Bonchev–Trinajstić information content (AvgIpc) is 3.27. The molecule has 1 fully saturated rings. The molecule has 0 amide bonds. The summed E-state index contributed by atoms with van der Waals surface area (Å²) in [6.07, 6.45) is 22.4. The van der Waals surface area contributed by atoms with Crippen molar-refractivity contribution in [1.82, 2.24) is 9.97 Å². The van der Waals surface area contributed by atoms with Crippen molar-refractivity contribution in [2.24, 2.45) is 0 Å². The first-order valence-corrected chi connectivity index (χ1v) is 14.1. The van der Waals surface area contributed by atoms with Gasteiger partial charge in [0.1, 0.15) is 18.5 Å². The predicted octanol–water partition coefficient (Wildman–Crippen LogP) is 8.03. The van der Waals surface area contributed by atoms with Crippen LogP contribution in [0.2, 0.25) is 0 Å². The number of hydrogen-bond acceptors (Lipinski definition) is 5. The van der Waals surface area contributed by atoms with Gasteiger partial charge in [-0.2, -0.15) is 0 Å². The zero-order valence-corrected chi connectivity index (χ0v) is 22.3. The van der Waals surface area contributed by atoms with Gasteiger partial charge in [0.2, 0.25) is 0 Å². The van der Waals surface area contributed by atoms with Gasteiger partial charge >= 0.3 is 5.97 Å². The number of carbonyl (C=O) groups excluding carboxylic acids is 1. The van der Waals surface area contributed by atoms with Crippen LogP contribution in [0.5, 0.6) is 5.75 Å². The number of rotatable bonds is 17. The van der Waals surface area contributed by atoms with Gasteiger partial charge in [-0.15, -0.1) is 0 Å². The fourth-order valence-electron chi connectivity index (χ4n) is 4.51. The maximum absolute atomic E-state index is 12.1. The molecule has 36 heavy (non-hydrogen) atoms. The number of hydrogen-bond donors (Lipinski definition) is 0. The Kier molecular flexibility index (Phi) is 12.5. The summed E-state index contributed by atoms with van der Waals surface area (Å²) < 4.78 is 11.4. The Morgan fingerprint density at radius 3 is 2.22 bits per heavy atom. The van der Waals surface area contributed by atoms with Crippen molar-refractivity contribution in [3.8, 4) is 17.1 Å². The third kappa shape index (κ3) is 9.75. The Bertz CT molecular complexity index is 922. The van der Waals surface area contributed by atoms with E-state index in [1.54, 1.807) is 0 Å². The fourth-order valence-corrected chi connectivity index (χ4v) is 4.51. The number of aryl methyl sites for hydroxylation is 1. The molecular weight excluding hydrogens is 448 g/mol. The second-order valence-electron chi connectivity index (χ2n) is 9.93. The number of unbranched alkanes of at least 4 members (excludes halogenated alkanes) is 10. The van der Waals surface area contributed by atoms with Gasteiger partial charge in [-0.05, 0) is 55.5 Å². The largest absolute Gasteiger partial charge is 0.490 e. The van der Waals surface area contributed by atoms with Gasteiger partial charge in [0.15, 0.2) is 5.82 Å². The minimum atomic E-state index is -0.216. The van der Waals surface area contributed by atoms with Gasteiger partial charge in [0, 0.05) is 30.0 Å². The van der Waals surface area contributed by atoms with Crippen molar-refractivity contribution in [1.29, 1.82) is 0 Å². The molecule has 1 aliphatic rings. The van der Waals surface area contributed by atoms with Gasteiger partial charge in [0.25, 0.3) is 0 Å². The summed E-state index contributed by atoms with van der Waals surface area (Å²) in [5.74, 6) is 1.28. The summed E-state index contributed by atoms with van der Waals surface area (Å²) in [4.78, 5) is 21.2. The van der Waals surface area contributed by atoms with Crippen molar-refractivity contribution in [3.05, 3.63) is 53.9 Å². The number of nitrogens with zero attached hydrogens (tertiary/aromatic N) is 2. The lowest BCUT2D eigenvalue weighted by molar-refractivity contribution is -0.139. The van der Waals surface area contributed by atoms with Crippen LogP contribution in [0.15, 0.2) is 48.3 Å². The Labute approximate surface area is 217 Å². The molecule has 0 N–H and O–H groups in total. The summed E-state index contributed by atoms with van der Waals surface area (Å²) in [7, 11) is 0. The summed E-state index contributed by atoms with van der Waals surface area (Å²) in [5, 5.41) is 0. The van der Waals surface area contributed by atoms with E-state index in [0.29, 0.717) is 13.0 Å². The number of esters is 1. The quantitative estimate of drug-likeness (QED) is 0.127. The molecule has 1 atom stereocenters. The van der Waals surface area contributed by atoms with Crippen LogP contribution in [0.25, 0.3) is 11.4 Å². The number of cyclic esters (lactones) is 1. The van der Waals surface area contributed by atoms with Gasteiger partial charge in [-0.3, -0.25) is 0 Å². The van der Waals surface area contributed by atoms with Gasteiger partial charge in [0.05, 0.1) is 0 Å². The molecule has 1 aromatic carbocycles. The highest BCUT2D eigenvalue weighted by Gasteiger charge is 2.29. The Hall–Kier alpha value is -2.69. The highest BCUT2D eigenvalue weighted by atomic mass is 16.6. The standard InChI is InChI=1S/C31H44N2O3/c1-3-5-7-9-10-11-12-13-15-25-22-32-30(33-23-25)26-17-19-28(20-18-26)35-24-29-21-27(31(34)36-29)16-14-8-6-4-2/h16-20,22-23,29H,3-15,21,24H2,1-2H3. The molecule has 196 valence electrons. The van der Waals surface area contributed by atoms with Gasteiger partial charge in [-0.25, -0.2) is 14.8 Å². The molecule has 3 rings (SSSR count). The van der Waals surface area contributed by atoms with E-state index in [4.69, 9.17) is 9.47 Å². The van der Waals surface area contributed by atoms with E-state index in [-0.39, 0.29) is 12.1 Å². The van der Waals surface area contributed by atoms with Crippen molar-refractivity contribution in [2.45, 2.75) is 110 Å². The van der Waals surface area contributed by atoms with E-state index in [0.717, 1.165) is 42.0 Å². The van der Waals surface area contributed by atoms with Crippen LogP contribution in [0.4, 0.5) is 0 Å². The molecule has 0 saturated carbocycles. The van der Waals surface area contributed by atoms with E-state index in [9.17, 15) is 4.79 Å². The maximum atomic E-state index is 12.1. The lowest BCUT2D eigenvalue weighted by atomic mass is 10.1. The third-order valence-corrected chi connectivity index (χ3v) is 6.75. The fraction of sp³-hybridized carbons (Fsp3) is 0.581. The number of carbonyl (C=O) groups is 1. The summed E-state index contributed by atoms with van der Waals surface area (Å²) in [6.45, 7) is 4.80. The minimum absolute atomic E-state index is 0.196. The molecule has 0 radical (unpaired) electrons. The van der Waals surface area contributed by atoms with E-state index in [2.05, 4.69) is 23.8 Å². The highest BCUT2D eigenvalue weighted by Crippen LogP contribution is 2.24. The van der Waals surface area contributed by atoms with Crippen LogP contribution < -0.4 is 4.74 Å². The summed E-state index contributed by atoms with van der Waals surface area (Å²) >= 11 is 0. The number of allylic oxidation sites excluding steroid dienone is 1. The van der Waals surface area contributed by atoms with Crippen LogP contribution in [-0.4, -0.2) is 28.6 Å². The molecule has 5 nitrogen and oxygen atoms in total. The minimum Gasteiger partial charge on any atom is -0.490 e. The molecular formula is C31H44N2O3. The first-order valence-electron chi connectivity index (χ1n) is 14.1. The Balaban J connectivity index is 1.37. The summed E-state index contributed by atoms with van der Waals surface area (Å²) in [5.41, 5.74) is 2.96. The van der Waals surface area contributed by atoms with Crippen molar-refractivity contribution >= 4 is 5.97 Å². The second kappa shape index (κ2) is 16.1. The average molecular weight is 493 g/mol. The first kappa shape index (κ1) is 27.9. The Morgan fingerprint density at radius 2 is 1.53 bits per heavy atom. The van der Waals surface area contributed by atoms with Crippen molar-refractivity contribution in [2.75, 3.05) is 6.61 Å². The smallest absolute Gasteiger partial charge is 0.334 e. The molecule has 0 bridgehead atoms. The van der Waals surface area contributed by atoms with Gasteiger partial charge in [-0.1, -0.05) is 77.7 Å². The predicted molar refractivity (Wildman–Crippen MR) is 146 cm³/mol. The molecule has 2 aromatic rings. The maximum Gasteiger partial charge on any atom is 0.334 e. The molecule has 2 heterocycles. The Morgan fingerprint density at radius 1 is 0.889 bits per heavy atom. The van der Waals surface area contributed by atoms with E-state index >= 15 is 0 Å². The van der Waals surface area contributed by atoms with Crippen LogP contribution in [0, 0.1) is 0 Å². The van der Waals surface area contributed by atoms with E-state index in [1.807, 2.05) is 42.7 Å². The molecule has 0 aliphatic carbocycles. The zero-order valence-electron chi connectivity index (χ0n) is 22.3. The highest BCUT2D eigenvalue weighted by molar-refractivity contribution is 5.90. The summed E-state index contributed by atoms with van der Waals surface area (Å²) in [6, 6.07) is 7.79. The normalized spacial score (nSPS) is 16.4. The third-order valence-electron chi connectivity index (χ3n) is 6.75. The number of benzene rings is 1. The number of aromatic nitrogens is 2. The van der Waals surface area contributed by atoms with Gasteiger partial charge < -0.3 is 9.47 Å². The number of ether oxygens (including phenoxy) is 2. The molecule has 5 heteroatoms. The van der Waals surface area contributed by atoms with Crippen LogP contribution >= 0.6 is 0 Å². The van der Waals surface area contributed by atoms with Crippen LogP contribution in [0.3, 0.4) is 0 Å². The lowest BCUT2D eigenvalue weighted by Crippen LogP contribution is -2.17. The SMILES string of the molecule is CCCCCC=C1CC(COc2ccc(-c3ncc(CCCCCCCCCC)cn3)cc2)OC1=O. The topological polar surface area (TPSA) is 61.3 Å². The lowest BCUT2D eigenvalue weighted by Gasteiger charge is -2.11. The monoisotopic (exact) mass is 492 g/mol. The molecule has 0 spiro atoms. The zero-order chi connectivity index (χ0) is 25.4. The van der Waals surface area contributed by atoms with Crippen molar-refractivity contribution in [3.63, 3.8) is 0 Å². The van der Waals surface area contributed by atoms with Crippen LogP contribution in [-0.2, 0) is 16.0 Å². The molecule has 1 saturated heterocycles. The molecule has 1 aliphatic heterocycles. The molecule has 1 aromatic heterocycles. The van der Waals surface area contributed by atoms with Crippen LogP contribution in [0.1, 0.15) is 103 Å².